The lowest BCUT2D eigenvalue weighted by atomic mass is 9.96. The lowest BCUT2D eigenvalue weighted by Crippen LogP contribution is -2.20. The Morgan fingerprint density at radius 3 is 2.39 bits per heavy atom. The minimum absolute atomic E-state index is 0.160. The van der Waals surface area contributed by atoms with Gasteiger partial charge >= 0.3 is 0 Å². The van der Waals surface area contributed by atoms with Crippen molar-refractivity contribution in [1.82, 2.24) is 0 Å². The molecule has 0 saturated carbocycles. The molecule has 1 unspecified atom stereocenters. The Balaban J connectivity index is 1.82. The zero-order chi connectivity index (χ0) is 12.7. The van der Waals surface area contributed by atoms with E-state index in [0.717, 1.165) is 12.8 Å². The monoisotopic (exact) mass is 321 g/mol. The SMILES string of the molecule is Cc1sc(C(N)C2Cc3ccccc3C2)cc1Br. The van der Waals surface area contributed by atoms with E-state index >= 15 is 0 Å². The lowest BCUT2D eigenvalue weighted by Gasteiger charge is -2.17. The molecule has 1 aromatic carbocycles. The summed E-state index contributed by atoms with van der Waals surface area (Å²) >= 11 is 5.39. The van der Waals surface area contributed by atoms with E-state index in [2.05, 4.69) is 53.2 Å². The van der Waals surface area contributed by atoms with Crippen molar-refractivity contribution in [3.8, 4) is 0 Å². The first-order valence-electron chi connectivity index (χ1n) is 6.23. The summed E-state index contributed by atoms with van der Waals surface area (Å²) in [5.41, 5.74) is 9.41. The van der Waals surface area contributed by atoms with E-state index in [0.29, 0.717) is 5.92 Å². The maximum absolute atomic E-state index is 6.45. The average molecular weight is 322 g/mol. The Kier molecular flexibility index (Phi) is 3.31. The third-order valence-electron chi connectivity index (χ3n) is 3.80. The molecule has 1 aliphatic rings. The highest BCUT2D eigenvalue weighted by Crippen LogP contribution is 2.38. The molecule has 2 N–H and O–H groups in total. The Morgan fingerprint density at radius 1 is 1.28 bits per heavy atom. The number of aryl methyl sites for hydroxylation is 1. The van der Waals surface area contributed by atoms with Crippen LogP contribution in [-0.4, -0.2) is 0 Å². The topological polar surface area (TPSA) is 26.0 Å². The van der Waals surface area contributed by atoms with Crippen LogP contribution >= 0.6 is 27.3 Å². The molecular formula is C15H16BrNS. The van der Waals surface area contributed by atoms with Gasteiger partial charge in [-0.25, -0.2) is 0 Å². The zero-order valence-electron chi connectivity index (χ0n) is 10.3. The van der Waals surface area contributed by atoms with Crippen LogP contribution in [0.3, 0.4) is 0 Å². The van der Waals surface area contributed by atoms with Gasteiger partial charge in [0.25, 0.3) is 0 Å². The van der Waals surface area contributed by atoms with Crippen LogP contribution in [0.1, 0.15) is 26.9 Å². The highest BCUT2D eigenvalue weighted by molar-refractivity contribution is 9.10. The van der Waals surface area contributed by atoms with E-state index in [4.69, 9.17) is 5.73 Å². The number of hydrogen-bond acceptors (Lipinski definition) is 2. The van der Waals surface area contributed by atoms with E-state index in [1.54, 1.807) is 0 Å². The molecular weight excluding hydrogens is 306 g/mol. The molecule has 1 heterocycles. The number of benzene rings is 1. The number of fused-ring (bicyclic) bond motifs is 1. The van der Waals surface area contributed by atoms with Crippen LogP contribution in [0.5, 0.6) is 0 Å². The largest absolute Gasteiger partial charge is 0.323 e. The van der Waals surface area contributed by atoms with Gasteiger partial charge in [0.15, 0.2) is 0 Å². The first-order chi connectivity index (χ1) is 8.65. The van der Waals surface area contributed by atoms with Crippen LogP contribution in [0, 0.1) is 12.8 Å². The smallest absolute Gasteiger partial charge is 0.0425 e. The molecule has 3 heteroatoms. The molecule has 1 aromatic heterocycles. The number of hydrogen-bond donors (Lipinski definition) is 1. The van der Waals surface area contributed by atoms with Crippen LogP contribution in [0.2, 0.25) is 0 Å². The van der Waals surface area contributed by atoms with Gasteiger partial charge in [-0.15, -0.1) is 11.3 Å². The van der Waals surface area contributed by atoms with Gasteiger partial charge in [-0.05, 0) is 58.8 Å². The van der Waals surface area contributed by atoms with Gasteiger partial charge in [0.05, 0.1) is 0 Å². The molecule has 0 amide bonds. The van der Waals surface area contributed by atoms with Crippen molar-refractivity contribution < 1.29 is 0 Å². The van der Waals surface area contributed by atoms with Crippen molar-refractivity contribution >= 4 is 27.3 Å². The normalized spacial score (nSPS) is 16.8. The molecule has 0 spiro atoms. The first kappa shape index (κ1) is 12.4. The predicted molar refractivity (Wildman–Crippen MR) is 81.0 cm³/mol. The summed E-state index contributed by atoms with van der Waals surface area (Å²) in [5, 5.41) is 0. The highest BCUT2D eigenvalue weighted by atomic mass is 79.9. The first-order valence-corrected chi connectivity index (χ1v) is 7.84. The molecule has 0 bridgehead atoms. The molecule has 0 aliphatic heterocycles. The van der Waals surface area contributed by atoms with Gasteiger partial charge in [0, 0.05) is 20.3 Å². The van der Waals surface area contributed by atoms with Crippen molar-refractivity contribution in [2.75, 3.05) is 0 Å². The second-order valence-corrected chi connectivity index (χ2v) is 7.16. The Hall–Kier alpha value is -0.640. The standard InChI is InChI=1S/C15H16BrNS/c1-9-13(16)8-14(18-9)15(17)12-6-10-4-2-3-5-11(10)7-12/h2-5,8,12,15H,6-7,17H2,1H3. The molecule has 1 atom stereocenters. The highest BCUT2D eigenvalue weighted by Gasteiger charge is 2.28. The Bertz CT molecular complexity index is 531. The van der Waals surface area contributed by atoms with Crippen molar-refractivity contribution in [3.05, 3.63) is 55.7 Å². The molecule has 0 radical (unpaired) electrons. The van der Waals surface area contributed by atoms with E-state index in [1.165, 1.54) is 25.4 Å². The maximum atomic E-state index is 6.45. The second kappa shape index (κ2) is 4.80. The molecule has 1 aliphatic carbocycles. The molecule has 2 aromatic rings. The van der Waals surface area contributed by atoms with Gasteiger partial charge < -0.3 is 5.73 Å². The summed E-state index contributed by atoms with van der Waals surface area (Å²) in [5.74, 6) is 0.548. The summed E-state index contributed by atoms with van der Waals surface area (Å²) < 4.78 is 1.19. The van der Waals surface area contributed by atoms with E-state index in [-0.39, 0.29) is 6.04 Å². The van der Waals surface area contributed by atoms with Gasteiger partial charge in [0.2, 0.25) is 0 Å². The minimum atomic E-state index is 0.160. The molecule has 1 nitrogen and oxygen atoms in total. The zero-order valence-corrected chi connectivity index (χ0v) is 12.7. The molecule has 3 rings (SSSR count). The number of halogens is 1. The van der Waals surface area contributed by atoms with Crippen LogP contribution < -0.4 is 5.73 Å². The molecule has 0 saturated heterocycles. The Morgan fingerprint density at radius 2 is 1.89 bits per heavy atom. The summed E-state index contributed by atoms with van der Waals surface area (Å²) in [6.07, 6.45) is 2.23. The summed E-state index contributed by atoms with van der Waals surface area (Å²) in [4.78, 5) is 2.62. The minimum Gasteiger partial charge on any atom is -0.323 e. The van der Waals surface area contributed by atoms with Crippen LogP contribution in [0.15, 0.2) is 34.8 Å². The van der Waals surface area contributed by atoms with Gasteiger partial charge in [-0.2, -0.15) is 0 Å². The van der Waals surface area contributed by atoms with Gasteiger partial charge in [0.1, 0.15) is 0 Å². The summed E-state index contributed by atoms with van der Waals surface area (Å²) in [6, 6.07) is 11.1. The van der Waals surface area contributed by atoms with Crippen LogP contribution in [0.4, 0.5) is 0 Å². The van der Waals surface area contributed by atoms with E-state index in [1.807, 2.05) is 11.3 Å². The fourth-order valence-electron chi connectivity index (χ4n) is 2.72. The van der Waals surface area contributed by atoms with Crippen LogP contribution in [0.25, 0.3) is 0 Å². The number of nitrogens with two attached hydrogens (primary N) is 1. The average Bonchev–Trinajstić information content (AvgIpc) is 2.93. The van der Waals surface area contributed by atoms with Crippen molar-refractivity contribution in [1.29, 1.82) is 0 Å². The van der Waals surface area contributed by atoms with E-state index < -0.39 is 0 Å². The molecule has 94 valence electrons. The second-order valence-electron chi connectivity index (χ2n) is 5.02. The lowest BCUT2D eigenvalue weighted by molar-refractivity contribution is 0.459. The van der Waals surface area contributed by atoms with Crippen molar-refractivity contribution in [2.45, 2.75) is 25.8 Å². The summed E-state index contributed by atoms with van der Waals surface area (Å²) in [6.45, 7) is 2.13. The fourth-order valence-corrected chi connectivity index (χ4v) is 4.38. The van der Waals surface area contributed by atoms with Crippen LogP contribution in [-0.2, 0) is 12.8 Å². The van der Waals surface area contributed by atoms with Gasteiger partial charge in [-0.3, -0.25) is 0 Å². The summed E-state index contributed by atoms with van der Waals surface area (Å²) in [7, 11) is 0. The maximum Gasteiger partial charge on any atom is 0.0425 e. The number of thiophene rings is 1. The third-order valence-corrected chi connectivity index (χ3v) is 6.03. The quantitative estimate of drug-likeness (QED) is 0.879. The van der Waals surface area contributed by atoms with Gasteiger partial charge in [-0.1, -0.05) is 24.3 Å². The van der Waals surface area contributed by atoms with E-state index in [9.17, 15) is 0 Å². The van der Waals surface area contributed by atoms with Crippen molar-refractivity contribution in [2.24, 2.45) is 11.7 Å². The fraction of sp³-hybridized carbons (Fsp3) is 0.333. The Labute approximate surface area is 120 Å². The predicted octanol–water partition coefficient (Wildman–Crippen LogP) is 4.23. The molecule has 18 heavy (non-hydrogen) atoms. The molecule has 0 fully saturated rings. The van der Waals surface area contributed by atoms with Crippen molar-refractivity contribution in [3.63, 3.8) is 0 Å². The number of rotatable bonds is 2. The third kappa shape index (κ3) is 2.15.